The maximum Gasteiger partial charge on any atom is 0.109 e. The van der Waals surface area contributed by atoms with Crippen LogP contribution in [-0.4, -0.2) is 46.6 Å². The lowest BCUT2D eigenvalue weighted by Gasteiger charge is -2.36. The number of rotatable bonds is 5. The topological polar surface area (TPSA) is 59.3 Å². The van der Waals surface area contributed by atoms with Crippen LogP contribution in [0.1, 0.15) is 18.7 Å². The molecule has 2 heterocycles. The van der Waals surface area contributed by atoms with Crippen LogP contribution in [0.5, 0.6) is 0 Å². The van der Waals surface area contributed by atoms with Crippen molar-refractivity contribution < 1.29 is 9.84 Å². The first-order valence-corrected chi connectivity index (χ1v) is 6.16. The molecular weight excluding hydrogens is 218 g/mol. The number of nitrogens with zero attached hydrogens (tertiary/aromatic N) is 2. The highest BCUT2D eigenvalue weighted by Gasteiger charge is 2.30. The molecule has 2 rings (SSSR count). The van der Waals surface area contributed by atoms with Crippen molar-refractivity contribution in [1.82, 2.24) is 14.9 Å². The third-order valence-electron chi connectivity index (χ3n) is 3.52. The summed E-state index contributed by atoms with van der Waals surface area (Å²) < 4.78 is 7.36. The van der Waals surface area contributed by atoms with Crippen LogP contribution >= 0.6 is 0 Å². The van der Waals surface area contributed by atoms with E-state index >= 15 is 0 Å². The fraction of sp³-hybridized carbons (Fsp3) is 0.750. The molecule has 0 aromatic carbocycles. The Kier molecular flexibility index (Phi) is 4.15. The molecule has 5 heteroatoms. The van der Waals surface area contributed by atoms with Gasteiger partial charge in [0.15, 0.2) is 0 Å². The summed E-state index contributed by atoms with van der Waals surface area (Å²) in [7, 11) is 2.00. The van der Waals surface area contributed by atoms with Gasteiger partial charge in [0.2, 0.25) is 0 Å². The molecule has 0 unspecified atom stereocenters. The second-order valence-electron chi connectivity index (χ2n) is 4.68. The summed E-state index contributed by atoms with van der Waals surface area (Å²) in [4.78, 5) is 4.28. The van der Waals surface area contributed by atoms with E-state index in [9.17, 15) is 5.11 Å². The van der Waals surface area contributed by atoms with Crippen molar-refractivity contribution in [2.45, 2.75) is 24.8 Å². The van der Waals surface area contributed by atoms with Crippen LogP contribution in [0.25, 0.3) is 0 Å². The van der Waals surface area contributed by atoms with Crippen molar-refractivity contribution in [1.29, 1.82) is 0 Å². The van der Waals surface area contributed by atoms with Crippen LogP contribution in [0.15, 0.2) is 12.4 Å². The van der Waals surface area contributed by atoms with E-state index in [1.165, 1.54) is 0 Å². The normalized spacial score (nSPS) is 19.4. The number of aryl methyl sites for hydroxylation is 1. The van der Waals surface area contributed by atoms with Gasteiger partial charge < -0.3 is 19.7 Å². The van der Waals surface area contributed by atoms with Crippen molar-refractivity contribution in [2.24, 2.45) is 7.05 Å². The number of aromatic nitrogens is 2. The van der Waals surface area contributed by atoms with E-state index in [0.29, 0.717) is 0 Å². The van der Waals surface area contributed by atoms with E-state index in [4.69, 9.17) is 4.74 Å². The minimum atomic E-state index is -0.149. The minimum absolute atomic E-state index is 0.149. The van der Waals surface area contributed by atoms with Crippen molar-refractivity contribution >= 4 is 0 Å². The van der Waals surface area contributed by atoms with E-state index in [2.05, 4.69) is 10.3 Å². The zero-order valence-corrected chi connectivity index (χ0v) is 10.4. The molecule has 5 nitrogen and oxygen atoms in total. The molecule has 17 heavy (non-hydrogen) atoms. The fourth-order valence-corrected chi connectivity index (χ4v) is 2.23. The third-order valence-corrected chi connectivity index (χ3v) is 3.52. The Morgan fingerprint density at radius 3 is 2.88 bits per heavy atom. The summed E-state index contributed by atoms with van der Waals surface area (Å²) in [5.41, 5.74) is -0.149. The summed E-state index contributed by atoms with van der Waals surface area (Å²) in [5, 5.41) is 13.0. The molecule has 96 valence electrons. The van der Waals surface area contributed by atoms with Crippen molar-refractivity contribution in [3.8, 4) is 0 Å². The zero-order chi connectivity index (χ0) is 12.1. The molecule has 1 aliphatic rings. The average molecular weight is 239 g/mol. The van der Waals surface area contributed by atoms with Gasteiger partial charge in [0.1, 0.15) is 5.82 Å². The monoisotopic (exact) mass is 239 g/mol. The SMILES string of the molecule is Cn1ccnc1CCNC1(CO)CCOCC1. The summed E-state index contributed by atoms with van der Waals surface area (Å²) in [5.74, 6) is 1.07. The van der Waals surface area contributed by atoms with E-state index in [0.717, 1.165) is 44.8 Å². The van der Waals surface area contributed by atoms with Gasteiger partial charge in [-0.1, -0.05) is 0 Å². The van der Waals surface area contributed by atoms with Crippen LogP contribution in [0.2, 0.25) is 0 Å². The van der Waals surface area contributed by atoms with E-state index in [1.54, 1.807) is 0 Å². The van der Waals surface area contributed by atoms with Gasteiger partial charge in [0.05, 0.1) is 6.61 Å². The Labute approximate surface area is 102 Å². The second kappa shape index (κ2) is 5.62. The van der Waals surface area contributed by atoms with Crippen molar-refractivity contribution in [3.05, 3.63) is 18.2 Å². The van der Waals surface area contributed by atoms with Gasteiger partial charge in [-0.05, 0) is 12.8 Å². The van der Waals surface area contributed by atoms with Gasteiger partial charge in [-0.15, -0.1) is 0 Å². The molecule has 0 spiro atoms. The molecule has 0 atom stereocenters. The van der Waals surface area contributed by atoms with Crippen LogP contribution < -0.4 is 5.32 Å². The lowest BCUT2D eigenvalue weighted by Crippen LogP contribution is -2.52. The molecule has 0 radical (unpaired) electrons. The van der Waals surface area contributed by atoms with Crippen molar-refractivity contribution in [2.75, 3.05) is 26.4 Å². The number of imidazole rings is 1. The lowest BCUT2D eigenvalue weighted by atomic mass is 9.91. The first-order valence-electron chi connectivity index (χ1n) is 6.16. The Morgan fingerprint density at radius 1 is 1.53 bits per heavy atom. The Hall–Kier alpha value is -0.910. The Bertz CT molecular complexity index is 345. The van der Waals surface area contributed by atoms with E-state index < -0.39 is 0 Å². The fourth-order valence-electron chi connectivity index (χ4n) is 2.23. The molecule has 1 aliphatic heterocycles. The predicted molar refractivity (Wildman–Crippen MR) is 64.8 cm³/mol. The summed E-state index contributed by atoms with van der Waals surface area (Å²) in [6.07, 6.45) is 6.40. The predicted octanol–water partition coefficient (Wildman–Crippen LogP) is 0.0937. The summed E-state index contributed by atoms with van der Waals surface area (Å²) in [6, 6.07) is 0. The molecule has 0 aliphatic carbocycles. The highest BCUT2D eigenvalue weighted by atomic mass is 16.5. The van der Waals surface area contributed by atoms with Crippen molar-refractivity contribution in [3.63, 3.8) is 0 Å². The number of ether oxygens (including phenoxy) is 1. The number of hydrogen-bond acceptors (Lipinski definition) is 4. The number of hydrogen-bond donors (Lipinski definition) is 2. The number of nitrogens with one attached hydrogen (secondary N) is 1. The average Bonchev–Trinajstić information content (AvgIpc) is 2.76. The standard InChI is InChI=1S/C12H21N3O2/c1-15-7-6-13-11(15)2-5-14-12(10-16)3-8-17-9-4-12/h6-7,14,16H,2-5,8-10H2,1H3. The van der Waals surface area contributed by atoms with Gasteiger partial charge in [-0.25, -0.2) is 4.98 Å². The number of aliphatic hydroxyl groups is 1. The summed E-state index contributed by atoms with van der Waals surface area (Å²) >= 11 is 0. The Balaban J connectivity index is 1.82. The molecule has 0 bridgehead atoms. The third kappa shape index (κ3) is 3.06. The van der Waals surface area contributed by atoms with Gasteiger partial charge in [-0.3, -0.25) is 0 Å². The highest BCUT2D eigenvalue weighted by Crippen LogP contribution is 2.19. The van der Waals surface area contributed by atoms with Gasteiger partial charge >= 0.3 is 0 Å². The Morgan fingerprint density at radius 2 is 2.29 bits per heavy atom. The van der Waals surface area contributed by atoms with Gasteiger partial charge in [0, 0.05) is 51.2 Å². The molecule has 0 amide bonds. The molecule has 1 aromatic heterocycles. The van der Waals surface area contributed by atoms with Crippen LogP contribution in [0.3, 0.4) is 0 Å². The first-order chi connectivity index (χ1) is 8.26. The summed E-state index contributed by atoms with van der Waals surface area (Å²) in [6.45, 7) is 2.48. The number of aliphatic hydroxyl groups excluding tert-OH is 1. The lowest BCUT2D eigenvalue weighted by molar-refractivity contribution is 0.0123. The maximum atomic E-state index is 9.51. The molecule has 0 saturated carbocycles. The second-order valence-corrected chi connectivity index (χ2v) is 4.68. The maximum absolute atomic E-state index is 9.51. The smallest absolute Gasteiger partial charge is 0.109 e. The minimum Gasteiger partial charge on any atom is -0.394 e. The van der Waals surface area contributed by atoms with Crippen LogP contribution in [-0.2, 0) is 18.2 Å². The van der Waals surface area contributed by atoms with Gasteiger partial charge in [-0.2, -0.15) is 0 Å². The molecule has 1 aromatic rings. The highest BCUT2D eigenvalue weighted by molar-refractivity contribution is 4.94. The quantitative estimate of drug-likeness (QED) is 0.765. The van der Waals surface area contributed by atoms with Crippen LogP contribution in [0.4, 0.5) is 0 Å². The molecular formula is C12H21N3O2. The first kappa shape index (κ1) is 12.5. The zero-order valence-electron chi connectivity index (χ0n) is 10.4. The molecule has 1 saturated heterocycles. The molecule has 2 N–H and O–H groups in total. The molecule has 1 fully saturated rings. The van der Waals surface area contributed by atoms with Crippen LogP contribution in [0, 0.1) is 0 Å². The van der Waals surface area contributed by atoms with E-state index in [-0.39, 0.29) is 12.1 Å². The van der Waals surface area contributed by atoms with Gasteiger partial charge in [0.25, 0.3) is 0 Å². The largest absolute Gasteiger partial charge is 0.394 e. The van der Waals surface area contributed by atoms with E-state index in [1.807, 2.05) is 24.0 Å².